The summed E-state index contributed by atoms with van der Waals surface area (Å²) in [7, 11) is 2.08. The van der Waals surface area contributed by atoms with Gasteiger partial charge in [-0.15, -0.1) is 0 Å². The van der Waals surface area contributed by atoms with Crippen LogP contribution < -0.4 is 5.32 Å². The van der Waals surface area contributed by atoms with Crippen molar-refractivity contribution < 1.29 is 0 Å². The number of hydrogen-bond donors (Lipinski definition) is 1. The van der Waals surface area contributed by atoms with Gasteiger partial charge in [-0.1, -0.05) is 6.92 Å². The first-order valence-corrected chi connectivity index (χ1v) is 6.52. The van der Waals surface area contributed by atoms with Crippen LogP contribution in [0.25, 0.3) is 0 Å². The lowest BCUT2D eigenvalue weighted by atomic mass is 10.1. The number of rotatable bonds is 7. The van der Waals surface area contributed by atoms with E-state index in [1.165, 1.54) is 31.5 Å². The van der Waals surface area contributed by atoms with Gasteiger partial charge in [0.1, 0.15) is 5.82 Å². The fraction of sp³-hybridized carbons (Fsp3) is 0.769. The predicted octanol–water partition coefficient (Wildman–Crippen LogP) is 2.22. The highest BCUT2D eigenvalue weighted by Crippen LogP contribution is 2.34. The second-order valence-corrected chi connectivity index (χ2v) is 4.81. The third-order valence-electron chi connectivity index (χ3n) is 3.51. The second-order valence-electron chi connectivity index (χ2n) is 4.81. The van der Waals surface area contributed by atoms with Crippen molar-refractivity contribution in [3.05, 3.63) is 18.2 Å². The summed E-state index contributed by atoms with van der Waals surface area (Å²) in [6, 6.07) is 0.701. The summed E-state index contributed by atoms with van der Waals surface area (Å²) in [6.07, 6.45) is 10.4. The number of nitrogens with zero attached hydrogens (tertiary/aromatic N) is 2. The molecule has 3 nitrogen and oxygen atoms in total. The molecule has 1 unspecified atom stereocenters. The molecule has 1 aliphatic carbocycles. The first-order valence-electron chi connectivity index (χ1n) is 6.52. The van der Waals surface area contributed by atoms with Crippen molar-refractivity contribution in [1.82, 2.24) is 14.9 Å². The van der Waals surface area contributed by atoms with Gasteiger partial charge >= 0.3 is 0 Å². The highest BCUT2D eigenvalue weighted by Gasteiger charge is 2.29. The number of aromatic nitrogens is 2. The van der Waals surface area contributed by atoms with E-state index in [1.807, 2.05) is 6.20 Å². The van der Waals surface area contributed by atoms with Crippen LogP contribution in [0.4, 0.5) is 0 Å². The number of imidazole rings is 1. The van der Waals surface area contributed by atoms with Gasteiger partial charge in [0.2, 0.25) is 0 Å². The van der Waals surface area contributed by atoms with Gasteiger partial charge in [0.05, 0.1) is 0 Å². The SMILES string of the molecule is CCCn1ccnc1CCC(NC)C1CC1. The molecule has 0 bridgehead atoms. The minimum absolute atomic E-state index is 0.701. The topological polar surface area (TPSA) is 29.9 Å². The molecule has 16 heavy (non-hydrogen) atoms. The lowest BCUT2D eigenvalue weighted by molar-refractivity contribution is 0.460. The zero-order valence-corrected chi connectivity index (χ0v) is 10.4. The Labute approximate surface area is 98.3 Å². The normalized spacial score (nSPS) is 17.6. The highest BCUT2D eigenvalue weighted by molar-refractivity contribution is 4.95. The van der Waals surface area contributed by atoms with Crippen LogP contribution in [0, 0.1) is 5.92 Å². The summed E-state index contributed by atoms with van der Waals surface area (Å²) >= 11 is 0. The van der Waals surface area contributed by atoms with E-state index >= 15 is 0 Å². The van der Waals surface area contributed by atoms with Crippen LogP contribution in [0.3, 0.4) is 0 Å². The molecule has 1 N–H and O–H groups in total. The number of nitrogens with one attached hydrogen (secondary N) is 1. The Balaban J connectivity index is 1.85. The molecule has 1 heterocycles. The Hall–Kier alpha value is -0.830. The van der Waals surface area contributed by atoms with Gasteiger partial charge < -0.3 is 9.88 Å². The maximum Gasteiger partial charge on any atom is 0.108 e. The molecule has 1 fully saturated rings. The summed E-state index contributed by atoms with van der Waals surface area (Å²) < 4.78 is 2.29. The maximum absolute atomic E-state index is 4.46. The largest absolute Gasteiger partial charge is 0.335 e. The van der Waals surface area contributed by atoms with Gasteiger partial charge in [0, 0.05) is 31.4 Å². The van der Waals surface area contributed by atoms with E-state index in [1.54, 1.807) is 0 Å². The van der Waals surface area contributed by atoms with Gasteiger partial charge in [-0.25, -0.2) is 4.98 Å². The molecular weight excluding hydrogens is 198 g/mol. The van der Waals surface area contributed by atoms with E-state index < -0.39 is 0 Å². The molecule has 1 aromatic rings. The third kappa shape index (κ3) is 2.85. The minimum atomic E-state index is 0.701. The summed E-state index contributed by atoms with van der Waals surface area (Å²) in [4.78, 5) is 4.46. The number of aryl methyl sites for hydroxylation is 2. The third-order valence-corrected chi connectivity index (χ3v) is 3.51. The second kappa shape index (κ2) is 5.48. The predicted molar refractivity (Wildman–Crippen MR) is 66.4 cm³/mol. The lowest BCUT2D eigenvalue weighted by Gasteiger charge is -2.15. The van der Waals surface area contributed by atoms with Crippen molar-refractivity contribution in [3.8, 4) is 0 Å². The monoisotopic (exact) mass is 221 g/mol. The standard InChI is InChI=1S/C13H23N3/c1-3-9-16-10-8-15-13(16)7-6-12(14-2)11-4-5-11/h8,10-12,14H,3-7,9H2,1-2H3. The Morgan fingerprint density at radius 3 is 3.00 bits per heavy atom. The first-order chi connectivity index (χ1) is 7.85. The van der Waals surface area contributed by atoms with Crippen LogP contribution in [-0.4, -0.2) is 22.6 Å². The van der Waals surface area contributed by atoms with E-state index in [0.29, 0.717) is 6.04 Å². The van der Waals surface area contributed by atoms with E-state index in [0.717, 1.165) is 18.9 Å². The van der Waals surface area contributed by atoms with Crippen molar-refractivity contribution in [1.29, 1.82) is 0 Å². The molecular formula is C13H23N3. The Morgan fingerprint density at radius 2 is 2.38 bits per heavy atom. The van der Waals surface area contributed by atoms with Gasteiger partial charge in [-0.2, -0.15) is 0 Å². The van der Waals surface area contributed by atoms with Crippen LogP contribution in [0.5, 0.6) is 0 Å². The van der Waals surface area contributed by atoms with Crippen LogP contribution in [0.1, 0.15) is 38.4 Å². The molecule has 1 aromatic heterocycles. The van der Waals surface area contributed by atoms with Crippen LogP contribution >= 0.6 is 0 Å². The quantitative estimate of drug-likeness (QED) is 0.765. The van der Waals surface area contributed by atoms with Gasteiger partial charge in [-0.3, -0.25) is 0 Å². The van der Waals surface area contributed by atoms with E-state index in [2.05, 4.69) is 35.0 Å². The summed E-state index contributed by atoms with van der Waals surface area (Å²) in [5, 5.41) is 3.44. The smallest absolute Gasteiger partial charge is 0.108 e. The molecule has 2 rings (SSSR count). The molecule has 0 saturated heterocycles. The number of hydrogen-bond acceptors (Lipinski definition) is 2. The summed E-state index contributed by atoms with van der Waals surface area (Å²) in [5.74, 6) is 2.18. The van der Waals surface area contributed by atoms with Gasteiger partial charge in [0.25, 0.3) is 0 Å². The zero-order chi connectivity index (χ0) is 11.4. The van der Waals surface area contributed by atoms with Crippen molar-refractivity contribution in [2.24, 2.45) is 5.92 Å². The zero-order valence-electron chi connectivity index (χ0n) is 10.4. The fourth-order valence-corrected chi connectivity index (χ4v) is 2.41. The molecule has 1 saturated carbocycles. The van der Waals surface area contributed by atoms with Gasteiger partial charge in [0.15, 0.2) is 0 Å². The Kier molecular flexibility index (Phi) is 3.99. The maximum atomic E-state index is 4.46. The van der Waals surface area contributed by atoms with Crippen molar-refractivity contribution in [3.63, 3.8) is 0 Å². The Bertz CT molecular complexity index is 315. The van der Waals surface area contributed by atoms with Crippen molar-refractivity contribution in [2.45, 2.75) is 51.6 Å². The van der Waals surface area contributed by atoms with Gasteiger partial charge in [-0.05, 0) is 38.6 Å². The van der Waals surface area contributed by atoms with Crippen molar-refractivity contribution >= 4 is 0 Å². The summed E-state index contributed by atoms with van der Waals surface area (Å²) in [5.41, 5.74) is 0. The molecule has 0 aliphatic heterocycles. The van der Waals surface area contributed by atoms with Crippen LogP contribution in [0.2, 0.25) is 0 Å². The molecule has 0 aromatic carbocycles. The minimum Gasteiger partial charge on any atom is -0.335 e. The van der Waals surface area contributed by atoms with Crippen LogP contribution in [0.15, 0.2) is 12.4 Å². The molecule has 0 amide bonds. The molecule has 1 aliphatic rings. The lowest BCUT2D eigenvalue weighted by Crippen LogP contribution is -2.28. The molecule has 0 radical (unpaired) electrons. The highest BCUT2D eigenvalue weighted by atomic mass is 15.1. The van der Waals surface area contributed by atoms with Crippen LogP contribution in [-0.2, 0) is 13.0 Å². The first kappa shape index (κ1) is 11.6. The van der Waals surface area contributed by atoms with Crippen molar-refractivity contribution in [2.75, 3.05) is 7.05 Å². The average molecular weight is 221 g/mol. The van der Waals surface area contributed by atoms with E-state index in [-0.39, 0.29) is 0 Å². The molecule has 0 spiro atoms. The average Bonchev–Trinajstić information content (AvgIpc) is 3.03. The Morgan fingerprint density at radius 1 is 1.56 bits per heavy atom. The summed E-state index contributed by atoms with van der Waals surface area (Å²) in [6.45, 7) is 3.31. The molecule has 1 atom stereocenters. The van der Waals surface area contributed by atoms with E-state index in [9.17, 15) is 0 Å². The molecule has 3 heteroatoms. The van der Waals surface area contributed by atoms with E-state index in [4.69, 9.17) is 0 Å². The fourth-order valence-electron chi connectivity index (χ4n) is 2.41. The molecule has 90 valence electrons.